The van der Waals surface area contributed by atoms with E-state index in [0.717, 1.165) is 17.7 Å². The van der Waals surface area contributed by atoms with Crippen LogP contribution in [0.5, 0.6) is 0 Å². The highest BCUT2D eigenvalue weighted by molar-refractivity contribution is 5.86. The van der Waals surface area contributed by atoms with Crippen LogP contribution in [-0.4, -0.2) is 35.3 Å². The molecule has 19 heavy (non-hydrogen) atoms. The number of ether oxygens (including phenoxy) is 1. The molecular formula is C13H17FN2O3. The smallest absolute Gasteiger partial charge is 0.260 e. The van der Waals surface area contributed by atoms with Gasteiger partial charge in [-0.3, -0.25) is 4.79 Å². The summed E-state index contributed by atoms with van der Waals surface area (Å²) in [6.45, 7) is 1.22. The molecule has 1 aliphatic heterocycles. The van der Waals surface area contributed by atoms with E-state index >= 15 is 0 Å². The molecule has 1 amide bonds. The number of methoxy groups -OCH3 is 1. The molecule has 0 aromatic carbocycles. The lowest BCUT2D eigenvalue weighted by molar-refractivity contribution is -0.151. The van der Waals surface area contributed by atoms with Gasteiger partial charge in [-0.25, -0.2) is 4.39 Å². The van der Waals surface area contributed by atoms with E-state index in [0.29, 0.717) is 44.7 Å². The number of fused-ring (bicyclic) bond motifs is 1. The van der Waals surface area contributed by atoms with E-state index in [4.69, 9.17) is 9.26 Å². The molecule has 0 spiro atoms. The summed E-state index contributed by atoms with van der Waals surface area (Å²) in [7, 11) is 1.58. The second-order valence-electron chi connectivity index (χ2n) is 5.26. The second-order valence-corrected chi connectivity index (χ2v) is 5.26. The quantitative estimate of drug-likeness (QED) is 0.835. The molecular weight excluding hydrogens is 251 g/mol. The minimum Gasteiger partial charge on any atom is -0.378 e. The minimum absolute atomic E-state index is 0.349. The van der Waals surface area contributed by atoms with Crippen molar-refractivity contribution < 1.29 is 18.4 Å². The highest BCUT2D eigenvalue weighted by atomic mass is 19.1. The van der Waals surface area contributed by atoms with Crippen LogP contribution in [-0.2, 0) is 29.1 Å². The van der Waals surface area contributed by atoms with Crippen LogP contribution < -0.4 is 0 Å². The first kappa shape index (κ1) is 12.6. The zero-order chi connectivity index (χ0) is 13.5. The van der Waals surface area contributed by atoms with Gasteiger partial charge in [-0.15, -0.1) is 0 Å². The first-order valence-corrected chi connectivity index (χ1v) is 6.57. The van der Waals surface area contributed by atoms with Crippen molar-refractivity contribution in [2.24, 2.45) is 0 Å². The third-order valence-electron chi connectivity index (χ3n) is 4.01. The van der Waals surface area contributed by atoms with Gasteiger partial charge in [0, 0.05) is 25.6 Å². The standard InChI is InChI=1S/C13H17FN2O3/c1-18-8-10-9-7-16(6-3-11(9)19-15-10)12(17)13(14)4-2-5-13/h2-8H2,1H3. The number of nitrogens with zero attached hydrogens (tertiary/aromatic N) is 2. The van der Waals surface area contributed by atoms with Crippen LogP contribution in [0, 0.1) is 0 Å². The molecule has 0 N–H and O–H groups in total. The molecule has 0 radical (unpaired) electrons. The van der Waals surface area contributed by atoms with Crippen molar-refractivity contribution in [3.63, 3.8) is 0 Å². The summed E-state index contributed by atoms with van der Waals surface area (Å²) in [6, 6.07) is 0. The fraction of sp³-hybridized carbons (Fsp3) is 0.692. The van der Waals surface area contributed by atoms with Crippen LogP contribution in [0.4, 0.5) is 4.39 Å². The second kappa shape index (κ2) is 4.59. The van der Waals surface area contributed by atoms with Gasteiger partial charge in [-0.05, 0) is 19.3 Å². The Balaban J connectivity index is 1.77. The number of aromatic nitrogens is 1. The summed E-state index contributed by atoms with van der Waals surface area (Å²) in [5, 5.41) is 3.95. The maximum atomic E-state index is 14.2. The summed E-state index contributed by atoms with van der Waals surface area (Å²) < 4.78 is 24.5. The van der Waals surface area contributed by atoms with Gasteiger partial charge in [-0.2, -0.15) is 0 Å². The van der Waals surface area contributed by atoms with Gasteiger partial charge in [0.1, 0.15) is 11.5 Å². The number of hydrogen-bond acceptors (Lipinski definition) is 4. The van der Waals surface area contributed by atoms with Crippen molar-refractivity contribution in [1.82, 2.24) is 10.1 Å². The Hall–Kier alpha value is -1.43. The summed E-state index contributed by atoms with van der Waals surface area (Å²) in [5.74, 6) is 0.409. The van der Waals surface area contributed by atoms with Gasteiger partial charge >= 0.3 is 0 Å². The van der Waals surface area contributed by atoms with Crippen molar-refractivity contribution in [3.05, 3.63) is 17.0 Å². The molecule has 1 aromatic rings. The van der Waals surface area contributed by atoms with E-state index in [2.05, 4.69) is 5.16 Å². The van der Waals surface area contributed by atoms with Gasteiger partial charge < -0.3 is 14.2 Å². The highest BCUT2D eigenvalue weighted by Gasteiger charge is 2.47. The molecule has 2 aliphatic rings. The van der Waals surface area contributed by atoms with Gasteiger partial charge in [-0.1, -0.05) is 5.16 Å². The van der Waals surface area contributed by atoms with Gasteiger partial charge in [0.25, 0.3) is 5.91 Å². The van der Waals surface area contributed by atoms with E-state index in [-0.39, 0.29) is 5.91 Å². The van der Waals surface area contributed by atoms with Crippen molar-refractivity contribution in [3.8, 4) is 0 Å². The minimum atomic E-state index is -1.63. The lowest BCUT2D eigenvalue weighted by Gasteiger charge is -2.38. The lowest BCUT2D eigenvalue weighted by atomic mass is 9.80. The van der Waals surface area contributed by atoms with Crippen LogP contribution in [0.2, 0.25) is 0 Å². The molecule has 5 nitrogen and oxygen atoms in total. The molecule has 6 heteroatoms. The summed E-state index contributed by atoms with van der Waals surface area (Å²) >= 11 is 0. The number of hydrogen-bond donors (Lipinski definition) is 0. The molecule has 0 bridgehead atoms. The van der Waals surface area contributed by atoms with Crippen LogP contribution in [0.3, 0.4) is 0 Å². The largest absolute Gasteiger partial charge is 0.378 e. The number of rotatable bonds is 3. The summed E-state index contributed by atoms with van der Waals surface area (Å²) in [5.41, 5.74) is -0.0447. The number of carbonyl (C=O) groups is 1. The van der Waals surface area contributed by atoms with Crippen molar-refractivity contribution >= 4 is 5.91 Å². The molecule has 1 fully saturated rings. The Morgan fingerprint density at radius 3 is 3.00 bits per heavy atom. The number of halogens is 1. The van der Waals surface area contributed by atoms with Crippen molar-refractivity contribution in [2.75, 3.05) is 13.7 Å². The maximum Gasteiger partial charge on any atom is 0.260 e. The fourth-order valence-electron chi connectivity index (χ4n) is 2.67. The molecule has 0 saturated heterocycles. The summed E-state index contributed by atoms with van der Waals surface area (Å²) in [4.78, 5) is 13.8. The molecule has 1 aromatic heterocycles. The molecule has 0 atom stereocenters. The highest BCUT2D eigenvalue weighted by Crippen LogP contribution is 2.38. The average molecular weight is 268 g/mol. The number of alkyl halides is 1. The van der Waals surface area contributed by atoms with E-state index in [1.165, 1.54) is 0 Å². The Labute approximate surface area is 110 Å². The first-order valence-electron chi connectivity index (χ1n) is 6.57. The normalized spacial score (nSPS) is 20.8. The van der Waals surface area contributed by atoms with Gasteiger partial charge in [0.2, 0.25) is 0 Å². The van der Waals surface area contributed by atoms with E-state index in [1.807, 2.05) is 0 Å². The molecule has 0 unspecified atom stereocenters. The maximum absolute atomic E-state index is 14.2. The third kappa shape index (κ3) is 2.04. The molecule has 2 heterocycles. The number of amides is 1. The topological polar surface area (TPSA) is 55.6 Å². The lowest BCUT2D eigenvalue weighted by Crippen LogP contribution is -2.51. The fourth-order valence-corrected chi connectivity index (χ4v) is 2.67. The van der Waals surface area contributed by atoms with Crippen LogP contribution in [0.25, 0.3) is 0 Å². The van der Waals surface area contributed by atoms with Gasteiger partial charge in [0.05, 0.1) is 13.2 Å². The van der Waals surface area contributed by atoms with E-state index in [9.17, 15) is 9.18 Å². The van der Waals surface area contributed by atoms with E-state index in [1.54, 1.807) is 12.0 Å². The number of carbonyl (C=O) groups excluding carboxylic acids is 1. The van der Waals surface area contributed by atoms with Crippen LogP contribution in [0.1, 0.15) is 36.3 Å². The molecule has 104 valence electrons. The van der Waals surface area contributed by atoms with E-state index < -0.39 is 5.67 Å². The Kier molecular flexibility index (Phi) is 3.05. The zero-order valence-electron chi connectivity index (χ0n) is 10.9. The Bertz CT molecular complexity index is 496. The van der Waals surface area contributed by atoms with Crippen LogP contribution in [0.15, 0.2) is 4.52 Å². The predicted molar refractivity (Wildman–Crippen MR) is 64.0 cm³/mol. The zero-order valence-corrected chi connectivity index (χ0v) is 10.9. The summed E-state index contributed by atoms with van der Waals surface area (Å²) in [6.07, 6.45) is 2.09. The predicted octanol–water partition coefficient (Wildman–Crippen LogP) is 1.60. The molecule has 1 aliphatic carbocycles. The monoisotopic (exact) mass is 268 g/mol. The third-order valence-corrected chi connectivity index (χ3v) is 4.01. The van der Waals surface area contributed by atoms with Crippen molar-refractivity contribution in [1.29, 1.82) is 0 Å². The van der Waals surface area contributed by atoms with Gasteiger partial charge in [0.15, 0.2) is 5.67 Å². The van der Waals surface area contributed by atoms with Crippen molar-refractivity contribution in [2.45, 2.75) is 44.5 Å². The first-order chi connectivity index (χ1) is 9.14. The molecule has 1 saturated carbocycles. The average Bonchev–Trinajstić information content (AvgIpc) is 2.78. The molecule has 3 rings (SSSR count). The SMILES string of the molecule is COCc1noc2c1CN(C(=O)C1(F)CCC1)CC2. The Morgan fingerprint density at radius 2 is 2.37 bits per heavy atom. The Morgan fingerprint density at radius 1 is 1.58 bits per heavy atom. The van der Waals surface area contributed by atoms with Crippen LogP contribution >= 0.6 is 0 Å².